The predicted molar refractivity (Wildman–Crippen MR) is 117 cm³/mol. The van der Waals surface area contributed by atoms with Gasteiger partial charge >= 0.3 is 0 Å². The molecule has 4 heteroatoms. The van der Waals surface area contributed by atoms with E-state index >= 15 is 0 Å². The zero-order chi connectivity index (χ0) is 19.8. The van der Waals surface area contributed by atoms with Gasteiger partial charge in [-0.2, -0.15) is 0 Å². The summed E-state index contributed by atoms with van der Waals surface area (Å²) >= 11 is 0. The minimum atomic E-state index is 0.0678. The summed E-state index contributed by atoms with van der Waals surface area (Å²) in [6, 6.07) is 18.4. The lowest BCUT2D eigenvalue weighted by atomic mass is 10.1. The highest BCUT2D eigenvalue weighted by atomic mass is 16.2. The fraction of sp³-hybridized carbons (Fsp3) is 0.375. The molecule has 2 aromatic rings. The van der Waals surface area contributed by atoms with Gasteiger partial charge in [0.25, 0.3) is 5.91 Å². The number of anilines is 1. The number of likely N-dealkylation sites (N-methyl/N-ethyl adjacent to an activating group) is 1. The molecule has 0 saturated carbocycles. The molecule has 0 radical (unpaired) electrons. The second-order valence-corrected chi connectivity index (χ2v) is 7.24. The third-order valence-corrected chi connectivity index (χ3v) is 5.45. The molecule has 1 amide bonds. The first-order valence-electron chi connectivity index (χ1n) is 10.2. The summed E-state index contributed by atoms with van der Waals surface area (Å²) in [4.78, 5) is 19.7. The van der Waals surface area contributed by atoms with Crippen molar-refractivity contribution in [3.63, 3.8) is 0 Å². The number of amides is 1. The first-order valence-corrected chi connectivity index (χ1v) is 10.2. The van der Waals surface area contributed by atoms with Crippen LogP contribution in [-0.2, 0) is 6.42 Å². The van der Waals surface area contributed by atoms with Crippen LogP contribution in [-0.4, -0.2) is 61.5 Å². The maximum absolute atomic E-state index is 13.0. The van der Waals surface area contributed by atoms with Crippen molar-refractivity contribution in [2.45, 2.75) is 13.3 Å². The van der Waals surface area contributed by atoms with Crippen molar-refractivity contribution in [2.24, 2.45) is 0 Å². The van der Waals surface area contributed by atoms with Crippen LogP contribution in [0.5, 0.6) is 0 Å². The molecule has 0 aliphatic carbocycles. The molecule has 0 N–H and O–H groups in total. The highest BCUT2D eigenvalue weighted by Crippen LogP contribution is 2.18. The fourth-order valence-corrected chi connectivity index (χ4v) is 3.66. The molecular weight excluding hydrogens is 346 g/mol. The summed E-state index contributed by atoms with van der Waals surface area (Å²) in [5.41, 5.74) is 3.18. The lowest BCUT2D eigenvalue weighted by Gasteiger charge is -2.35. The Kier molecular flexibility index (Phi) is 7.26. The lowest BCUT2D eigenvalue weighted by molar-refractivity contribution is 0.0775. The van der Waals surface area contributed by atoms with Crippen LogP contribution < -0.4 is 4.90 Å². The molecule has 4 nitrogen and oxygen atoms in total. The average molecular weight is 378 g/mol. The van der Waals surface area contributed by atoms with Gasteiger partial charge in [0.2, 0.25) is 0 Å². The highest BCUT2D eigenvalue weighted by Gasteiger charge is 2.18. The number of hydrogen-bond acceptors (Lipinski definition) is 3. The van der Waals surface area contributed by atoms with Crippen LogP contribution in [0.3, 0.4) is 0 Å². The Labute approximate surface area is 169 Å². The van der Waals surface area contributed by atoms with Crippen LogP contribution in [0.2, 0.25) is 0 Å². The van der Waals surface area contributed by atoms with Gasteiger partial charge in [-0.1, -0.05) is 43.3 Å². The lowest BCUT2D eigenvalue weighted by Crippen LogP contribution is -2.46. The molecule has 0 aromatic heterocycles. The molecular formula is C24H31N3O. The van der Waals surface area contributed by atoms with Gasteiger partial charge in [0.05, 0.1) is 0 Å². The minimum Gasteiger partial charge on any atom is -0.369 e. The van der Waals surface area contributed by atoms with Crippen molar-refractivity contribution >= 4 is 11.6 Å². The quantitative estimate of drug-likeness (QED) is 0.657. The minimum absolute atomic E-state index is 0.0678. The van der Waals surface area contributed by atoms with E-state index in [2.05, 4.69) is 47.6 Å². The van der Waals surface area contributed by atoms with Gasteiger partial charge in [-0.05, 0) is 42.8 Å². The first kappa shape index (κ1) is 20.2. The molecule has 1 heterocycles. The Balaban J connectivity index is 1.62. The van der Waals surface area contributed by atoms with Crippen molar-refractivity contribution in [3.05, 3.63) is 78.4 Å². The topological polar surface area (TPSA) is 26.8 Å². The van der Waals surface area contributed by atoms with E-state index in [1.165, 1.54) is 11.3 Å². The van der Waals surface area contributed by atoms with E-state index in [1.54, 1.807) is 6.08 Å². The molecule has 3 rings (SSSR count). The zero-order valence-corrected chi connectivity index (χ0v) is 16.9. The molecule has 0 unspecified atom stereocenters. The monoisotopic (exact) mass is 377 g/mol. The van der Waals surface area contributed by atoms with Crippen molar-refractivity contribution in [2.75, 3.05) is 50.7 Å². The molecule has 28 heavy (non-hydrogen) atoms. The van der Waals surface area contributed by atoms with E-state index < -0.39 is 0 Å². The maximum Gasteiger partial charge on any atom is 0.254 e. The van der Waals surface area contributed by atoms with E-state index in [9.17, 15) is 4.79 Å². The number of rotatable bonds is 8. The smallest absolute Gasteiger partial charge is 0.254 e. The molecule has 1 fully saturated rings. The van der Waals surface area contributed by atoms with Gasteiger partial charge in [0, 0.05) is 50.5 Å². The van der Waals surface area contributed by atoms with Crippen molar-refractivity contribution in [1.29, 1.82) is 0 Å². The summed E-state index contributed by atoms with van der Waals surface area (Å²) < 4.78 is 0. The van der Waals surface area contributed by atoms with Crippen LogP contribution in [0.25, 0.3) is 0 Å². The Morgan fingerprint density at radius 3 is 2.32 bits per heavy atom. The number of benzene rings is 2. The number of carbonyl (C=O) groups is 1. The summed E-state index contributed by atoms with van der Waals surface area (Å²) in [6.45, 7) is 12.7. The molecule has 148 valence electrons. The third kappa shape index (κ3) is 5.23. The van der Waals surface area contributed by atoms with E-state index in [0.717, 1.165) is 44.7 Å². The SMILES string of the molecule is C=CCN(CCc1ccccc1)C(=O)c1ccc(N2CCN(CC)CC2)cc1. The van der Waals surface area contributed by atoms with Crippen LogP contribution in [0.1, 0.15) is 22.8 Å². The summed E-state index contributed by atoms with van der Waals surface area (Å²) in [5.74, 6) is 0.0678. The number of nitrogens with zero attached hydrogens (tertiary/aromatic N) is 3. The van der Waals surface area contributed by atoms with Gasteiger partial charge in [-0.25, -0.2) is 0 Å². The van der Waals surface area contributed by atoms with E-state index in [1.807, 2.05) is 35.2 Å². The average Bonchev–Trinajstić information content (AvgIpc) is 2.77. The van der Waals surface area contributed by atoms with Crippen LogP contribution >= 0.6 is 0 Å². The van der Waals surface area contributed by atoms with Gasteiger partial charge in [0.15, 0.2) is 0 Å². The second kappa shape index (κ2) is 10.1. The summed E-state index contributed by atoms with van der Waals surface area (Å²) in [6.07, 6.45) is 2.64. The second-order valence-electron chi connectivity index (χ2n) is 7.24. The van der Waals surface area contributed by atoms with Crippen LogP contribution in [0.4, 0.5) is 5.69 Å². The molecule has 1 aliphatic heterocycles. The molecule has 0 atom stereocenters. The van der Waals surface area contributed by atoms with Gasteiger partial charge < -0.3 is 14.7 Å². The van der Waals surface area contributed by atoms with E-state index in [0.29, 0.717) is 13.1 Å². The Morgan fingerprint density at radius 2 is 1.71 bits per heavy atom. The number of hydrogen-bond donors (Lipinski definition) is 0. The highest BCUT2D eigenvalue weighted by molar-refractivity contribution is 5.94. The molecule has 2 aromatic carbocycles. The molecule has 1 saturated heterocycles. The molecule has 0 bridgehead atoms. The summed E-state index contributed by atoms with van der Waals surface area (Å²) in [5, 5.41) is 0. The Hall–Kier alpha value is -2.59. The zero-order valence-electron chi connectivity index (χ0n) is 16.9. The van der Waals surface area contributed by atoms with Gasteiger partial charge in [-0.15, -0.1) is 6.58 Å². The number of carbonyl (C=O) groups excluding carboxylic acids is 1. The largest absolute Gasteiger partial charge is 0.369 e. The number of piperazine rings is 1. The van der Waals surface area contributed by atoms with Crippen LogP contribution in [0, 0.1) is 0 Å². The standard InChI is InChI=1S/C24H31N3O/c1-3-15-27(16-14-21-8-6-5-7-9-21)24(28)22-10-12-23(13-11-22)26-19-17-25(4-2)18-20-26/h3,5-13H,1,4,14-20H2,2H3. The first-order chi connectivity index (χ1) is 13.7. The maximum atomic E-state index is 13.0. The summed E-state index contributed by atoms with van der Waals surface area (Å²) in [7, 11) is 0. The van der Waals surface area contributed by atoms with E-state index in [4.69, 9.17) is 0 Å². The predicted octanol–water partition coefficient (Wildman–Crippen LogP) is 3.70. The van der Waals surface area contributed by atoms with Crippen molar-refractivity contribution in [1.82, 2.24) is 9.80 Å². The van der Waals surface area contributed by atoms with Gasteiger partial charge in [-0.3, -0.25) is 4.79 Å². The Morgan fingerprint density at radius 1 is 1.04 bits per heavy atom. The van der Waals surface area contributed by atoms with Crippen LogP contribution in [0.15, 0.2) is 67.3 Å². The van der Waals surface area contributed by atoms with E-state index in [-0.39, 0.29) is 5.91 Å². The fourth-order valence-electron chi connectivity index (χ4n) is 3.66. The normalized spacial score (nSPS) is 14.7. The van der Waals surface area contributed by atoms with Crippen molar-refractivity contribution in [3.8, 4) is 0 Å². The molecule has 1 aliphatic rings. The Bertz CT molecular complexity index is 749. The van der Waals surface area contributed by atoms with Crippen molar-refractivity contribution < 1.29 is 4.79 Å². The third-order valence-electron chi connectivity index (χ3n) is 5.45. The molecule has 0 spiro atoms. The van der Waals surface area contributed by atoms with Gasteiger partial charge in [0.1, 0.15) is 0 Å².